The van der Waals surface area contributed by atoms with Gasteiger partial charge in [-0.05, 0) is 0 Å². The third-order valence-corrected chi connectivity index (χ3v) is 0.845. The van der Waals surface area contributed by atoms with Gasteiger partial charge in [0.05, 0.1) is 0 Å². The van der Waals surface area contributed by atoms with Gasteiger partial charge in [-0.2, -0.15) is 12.6 Å². The number of methoxy groups -OCH3 is 1. The summed E-state index contributed by atoms with van der Waals surface area (Å²) in [7, 11) is -4.65. The second-order valence-corrected chi connectivity index (χ2v) is 2.20. The van der Waals surface area contributed by atoms with Crippen LogP contribution in [0.2, 0.25) is 0 Å². The lowest BCUT2D eigenvalue weighted by molar-refractivity contribution is -0.342. The van der Waals surface area contributed by atoms with Gasteiger partial charge in [0.2, 0.25) is 0 Å². The van der Waals surface area contributed by atoms with Gasteiger partial charge in [0.15, 0.2) is 0 Å². The first kappa shape index (κ1) is 9.69. The molecule has 0 rings (SSSR count). The van der Waals surface area contributed by atoms with Crippen molar-refractivity contribution < 1.29 is 30.7 Å². The standard InChI is InChI=1S/C2H4F2O5S/c1-8-2(3,4)9-10(5,6)7/h1H3,(H,5,6,7). The van der Waals surface area contributed by atoms with E-state index >= 15 is 0 Å². The largest absolute Gasteiger partial charge is 0.501 e. The zero-order valence-electron chi connectivity index (χ0n) is 4.74. The Morgan fingerprint density at radius 1 is 1.50 bits per heavy atom. The smallest absolute Gasteiger partial charge is 0.298 e. The van der Waals surface area contributed by atoms with Crippen LogP contribution in [0.15, 0.2) is 0 Å². The van der Waals surface area contributed by atoms with Crippen molar-refractivity contribution >= 4 is 10.4 Å². The molecule has 0 aliphatic carbocycles. The van der Waals surface area contributed by atoms with Crippen LogP contribution in [0.3, 0.4) is 0 Å². The Labute approximate surface area is 55.5 Å². The van der Waals surface area contributed by atoms with Crippen LogP contribution in [0.1, 0.15) is 0 Å². The molecule has 0 radical (unpaired) electrons. The number of alkyl halides is 2. The molecular weight excluding hydrogens is 174 g/mol. The number of rotatable bonds is 3. The minimum absolute atomic E-state index is 0.519. The molecule has 62 valence electrons. The Morgan fingerprint density at radius 3 is 2.00 bits per heavy atom. The molecule has 0 aliphatic heterocycles. The van der Waals surface area contributed by atoms with Crippen molar-refractivity contribution in [2.24, 2.45) is 0 Å². The summed E-state index contributed by atoms with van der Waals surface area (Å²) < 4.78 is 56.1. The molecule has 0 atom stereocenters. The van der Waals surface area contributed by atoms with Crippen molar-refractivity contribution in [3.8, 4) is 0 Å². The van der Waals surface area contributed by atoms with Crippen molar-refractivity contribution in [2.75, 3.05) is 7.11 Å². The zero-order valence-corrected chi connectivity index (χ0v) is 5.56. The number of halogens is 2. The highest BCUT2D eigenvalue weighted by Crippen LogP contribution is 2.17. The molecule has 0 amide bonds. The maximum atomic E-state index is 11.7. The van der Waals surface area contributed by atoms with Crippen molar-refractivity contribution in [2.45, 2.75) is 6.29 Å². The SMILES string of the molecule is COC(F)(F)OS(=O)(=O)O. The van der Waals surface area contributed by atoms with E-state index in [0.717, 1.165) is 0 Å². The van der Waals surface area contributed by atoms with Crippen molar-refractivity contribution in [1.29, 1.82) is 0 Å². The number of hydrogen-bond acceptors (Lipinski definition) is 4. The van der Waals surface area contributed by atoms with Crippen LogP contribution in [0.4, 0.5) is 8.78 Å². The van der Waals surface area contributed by atoms with Gasteiger partial charge < -0.3 is 0 Å². The summed E-state index contributed by atoms with van der Waals surface area (Å²) in [5.41, 5.74) is 0. The Balaban J connectivity index is 4.16. The van der Waals surface area contributed by atoms with E-state index in [4.69, 9.17) is 4.55 Å². The molecule has 0 spiro atoms. The first-order valence-corrected chi connectivity index (χ1v) is 3.24. The highest BCUT2D eigenvalue weighted by molar-refractivity contribution is 7.80. The highest BCUT2D eigenvalue weighted by atomic mass is 32.3. The van der Waals surface area contributed by atoms with E-state index in [9.17, 15) is 17.2 Å². The minimum Gasteiger partial charge on any atom is -0.298 e. The van der Waals surface area contributed by atoms with Crippen LogP contribution in [0.5, 0.6) is 0 Å². The average molecular weight is 178 g/mol. The Morgan fingerprint density at radius 2 is 1.90 bits per heavy atom. The lowest BCUT2D eigenvalue weighted by Gasteiger charge is -2.09. The summed E-state index contributed by atoms with van der Waals surface area (Å²) in [6.45, 7) is 0. The molecule has 0 bridgehead atoms. The quantitative estimate of drug-likeness (QED) is 0.486. The van der Waals surface area contributed by atoms with E-state index in [2.05, 4.69) is 8.92 Å². The van der Waals surface area contributed by atoms with Crippen molar-refractivity contribution in [1.82, 2.24) is 0 Å². The monoisotopic (exact) mass is 178 g/mol. The third-order valence-electron chi connectivity index (χ3n) is 0.440. The van der Waals surface area contributed by atoms with Gasteiger partial charge in [0, 0.05) is 7.11 Å². The molecule has 0 unspecified atom stereocenters. The molecule has 0 aliphatic rings. The fraction of sp³-hybridized carbons (Fsp3) is 1.00. The van der Waals surface area contributed by atoms with Crippen LogP contribution in [0, 0.1) is 0 Å². The zero-order chi connectivity index (χ0) is 8.41. The van der Waals surface area contributed by atoms with E-state index in [1.165, 1.54) is 0 Å². The van der Waals surface area contributed by atoms with Crippen LogP contribution in [0.25, 0.3) is 0 Å². The van der Waals surface area contributed by atoms with E-state index in [1.54, 1.807) is 0 Å². The Kier molecular flexibility index (Phi) is 2.66. The summed E-state index contributed by atoms with van der Waals surface area (Å²) in [6, 6.07) is 0. The van der Waals surface area contributed by atoms with E-state index in [0.29, 0.717) is 7.11 Å². The molecule has 0 aromatic rings. The second kappa shape index (κ2) is 2.74. The maximum Gasteiger partial charge on any atom is 0.501 e. The first-order chi connectivity index (χ1) is 4.27. The summed E-state index contributed by atoms with van der Waals surface area (Å²) >= 11 is 0. The molecule has 0 aromatic heterocycles. The summed E-state index contributed by atoms with van der Waals surface area (Å²) in [6.07, 6.45) is -4.31. The molecule has 10 heavy (non-hydrogen) atoms. The van der Waals surface area contributed by atoms with Crippen LogP contribution in [-0.2, 0) is 19.3 Å². The van der Waals surface area contributed by atoms with Crippen molar-refractivity contribution in [3.05, 3.63) is 0 Å². The van der Waals surface area contributed by atoms with Gasteiger partial charge in [-0.25, -0.2) is 0 Å². The van der Waals surface area contributed by atoms with E-state index in [1.807, 2.05) is 0 Å². The minimum atomic E-state index is -5.17. The molecule has 0 heterocycles. The van der Waals surface area contributed by atoms with Gasteiger partial charge in [0.1, 0.15) is 0 Å². The maximum absolute atomic E-state index is 11.7. The van der Waals surface area contributed by atoms with Gasteiger partial charge in [-0.3, -0.25) is 9.29 Å². The topological polar surface area (TPSA) is 72.8 Å². The van der Waals surface area contributed by atoms with Gasteiger partial charge in [-0.1, -0.05) is 0 Å². The summed E-state index contributed by atoms with van der Waals surface area (Å²) in [5.74, 6) is 0. The van der Waals surface area contributed by atoms with Crippen LogP contribution < -0.4 is 0 Å². The van der Waals surface area contributed by atoms with E-state index < -0.39 is 16.7 Å². The first-order valence-electron chi connectivity index (χ1n) is 1.88. The normalized spacial score (nSPS) is 13.6. The predicted octanol–water partition coefficient (Wildman–Crippen LogP) is 0.00250. The molecule has 0 saturated heterocycles. The van der Waals surface area contributed by atoms with Crippen LogP contribution in [-0.4, -0.2) is 26.4 Å². The van der Waals surface area contributed by atoms with Gasteiger partial charge in [-0.15, -0.1) is 8.78 Å². The lowest BCUT2D eigenvalue weighted by atomic mass is 11.2. The van der Waals surface area contributed by atoms with E-state index in [-0.39, 0.29) is 0 Å². The summed E-state index contributed by atoms with van der Waals surface area (Å²) in [4.78, 5) is 0. The molecule has 5 nitrogen and oxygen atoms in total. The molecule has 8 heteroatoms. The third kappa shape index (κ3) is 4.56. The predicted molar refractivity (Wildman–Crippen MR) is 24.6 cm³/mol. The molecule has 1 N–H and O–H groups in total. The lowest BCUT2D eigenvalue weighted by Crippen LogP contribution is -2.26. The fourth-order valence-corrected chi connectivity index (χ4v) is 0.470. The molecule has 0 fully saturated rings. The van der Waals surface area contributed by atoms with Gasteiger partial charge >= 0.3 is 16.7 Å². The fourth-order valence-electron chi connectivity index (χ4n) is 0.157. The van der Waals surface area contributed by atoms with Crippen LogP contribution >= 0.6 is 0 Å². The van der Waals surface area contributed by atoms with Crippen molar-refractivity contribution in [3.63, 3.8) is 0 Å². The Hall–Kier alpha value is -0.310. The number of ether oxygens (including phenoxy) is 1. The highest BCUT2D eigenvalue weighted by Gasteiger charge is 2.36. The number of hydrogen-bond donors (Lipinski definition) is 1. The Bertz CT molecular complexity index is 196. The second-order valence-electron chi connectivity index (χ2n) is 1.18. The van der Waals surface area contributed by atoms with Gasteiger partial charge in [0.25, 0.3) is 0 Å². The molecular formula is C2H4F2O5S. The summed E-state index contributed by atoms with van der Waals surface area (Å²) in [5, 5.41) is 0. The average Bonchev–Trinajstić information content (AvgIpc) is 1.60. The molecule has 0 saturated carbocycles. The molecule has 0 aromatic carbocycles.